The zero-order valence-corrected chi connectivity index (χ0v) is 21.3. The second kappa shape index (κ2) is 6.98. The molecular formula is C29H36O6. The van der Waals surface area contributed by atoms with Gasteiger partial charge in [0, 0.05) is 11.0 Å². The molecule has 0 spiro atoms. The van der Waals surface area contributed by atoms with Gasteiger partial charge < -0.3 is 15.3 Å². The molecule has 6 nitrogen and oxygen atoms in total. The topological polar surface area (TPSA) is 112 Å². The summed E-state index contributed by atoms with van der Waals surface area (Å²) in [7, 11) is 0. The van der Waals surface area contributed by atoms with Crippen molar-refractivity contribution in [2.24, 2.45) is 27.6 Å². The van der Waals surface area contributed by atoms with Crippen molar-refractivity contribution in [2.45, 2.75) is 85.0 Å². The molecule has 5 rings (SSSR count). The van der Waals surface area contributed by atoms with Crippen molar-refractivity contribution in [3.63, 3.8) is 0 Å². The molecule has 0 aliphatic heterocycles. The minimum Gasteiger partial charge on any atom is -0.504 e. The Morgan fingerprint density at radius 3 is 2.29 bits per heavy atom. The summed E-state index contributed by atoms with van der Waals surface area (Å²) >= 11 is 0. The molecule has 1 unspecified atom stereocenters. The number of hydrogen-bond acceptors (Lipinski definition) is 5. The van der Waals surface area contributed by atoms with E-state index in [9.17, 15) is 29.7 Å². The third kappa shape index (κ3) is 2.80. The molecule has 0 bridgehead atoms. The molecule has 0 aromatic heterocycles. The lowest BCUT2D eigenvalue weighted by Gasteiger charge is -2.69. The van der Waals surface area contributed by atoms with Crippen LogP contribution in [-0.4, -0.2) is 33.4 Å². The molecule has 0 saturated heterocycles. The summed E-state index contributed by atoms with van der Waals surface area (Å²) in [5, 5.41) is 30.8. The van der Waals surface area contributed by atoms with Crippen LogP contribution in [0.3, 0.4) is 0 Å². The zero-order valence-electron chi connectivity index (χ0n) is 21.3. The predicted molar refractivity (Wildman–Crippen MR) is 131 cm³/mol. The van der Waals surface area contributed by atoms with E-state index < -0.39 is 22.5 Å². The Hall–Kier alpha value is -2.63. The van der Waals surface area contributed by atoms with Gasteiger partial charge in [0.05, 0.1) is 11.0 Å². The number of carbonyl (C=O) groups is 3. The average Bonchev–Trinajstić information content (AvgIpc) is 2.80. The maximum absolute atomic E-state index is 13.5. The fraction of sp³-hybridized carbons (Fsp3) is 0.621. The highest BCUT2D eigenvalue weighted by Crippen LogP contribution is 2.74. The van der Waals surface area contributed by atoms with Gasteiger partial charge in [-0.25, -0.2) is 0 Å². The minimum absolute atomic E-state index is 0.0584. The number of hydrogen-bond donors (Lipinski definition) is 3. The van der Waals surface area contributed by atoms with Crippen molar-refractivity contribution in [1.29, 1.82) is 0 Å². The molecule has 188 valence electrons. The largest absolute Gasteiger partial charge is 0.504 e. The Balaban J connectivity index is 1.68. The van der Waals surface area contributed by atoms with Crippen molar-refractivity contribution < 1.29 is 29.7 Å². The molecule has 1 aromatic rings. The van der Waals surface area contributed by atoms with Gasteiger partial charge in [-0.2, -0.15) is 0 Å². The lowest BCUT2D eigenvalue weighted by atomic mass is 9.34. The van der Waals surface area contributed by atoms with Crippen LogP contribution in [0.4, 0.5) is 0 Å². The van der Waals surface area contributed by atoms with Gasteiger partial charge in [0.25, 0.3) is 0 Å². The first-order valence-corrected chi connectivity index (χ1v) is 12.7. The highest BCUT2D eigenvalue weighted by atomic mass is 16.4. The highest BCUT2D eigenvalue weighted by molar-refractivity contribution is 6.13. The molecule has 0 radical (unpaired) electrons. The quantitative estimate of drug-likeness (QED) is 0.365. The Kier molecular flexibility index (Phi) is 4.80. The fourth-order valence-electron chi connectivity index (χ4n) is 8.67. The summed E-state index contributed by atoms with van der Waals surface area (Å²) in [4.78, 5) is 37.5. The van der Waals surface area contributed by atoms with Gasteiger partial charge in [-0.05, 0) is 97.3 Å². The molecule has 4 aliphatic carbocycles. The van der Waals surface area contributed by atoms with Gasteiger partial charge in [0.1, 0.15) is 0 Å². The second-order valence-corrected chi connectivity index (χ2v) is 13.0. The smallest absolute Gasteiger partial charge is 0.309 e. The number of phenolic OH excluding ortho intramolecular Hbond substituents is 2. The van der Waals surface area contributed by atoms with Gasteiger partial charge in [0.2, 0.25) is 0 Å². The first kappa shape index (κ1) is 24.1. The third-order valence-corrected chi connectivity index (χ3v) is 11.4. The summed E-state index contributed by atoms with van der Waals surface area (Å²) < 4.78 is 0. The highest BCUT2D eigenvalue weighted by Gasteiger charge is 2.67. The number of carboxylic acid groups (broad SMARTS) is 1. The fourth-order valence-corrected chi connectivity index (χ4v) is 8.67. The summed E-state index contributed by atoms with van der Waals surface area (Å²) in [5.41, 5.74) is -0.155. The van der Waals surface area contributed by atoms with Gasteiger partial charge in [-0.1, -0.05) is 27.7 Å². The van der Waals surface area contributed by atoms with E-state index in [4.69, 9.17) is 0 Å². The lowest BCUT2D eigenvalue weighted by Crippen LogP contribution is -2.62. The van der Waals surface area contributed by atoms with Crippen LogP contribution < -0.4 is 0 Å². The third-order valence-electron chi connectivity index (χ3n) is 11.4. The normalized spacial score (nSPS) is 42.1. The van der Waals surface area contributed by atoms with Crippen LogP contribution in [0.25, 0.3) is 0 Å². The predicted octanol–water partition coefficient (Wildman–Crippen LogP) is 5.79. The molecule has 4 aliphatic rings. The van der Waals surface area contributed by atoms with E-state index in [1.54, 1.807) is 6.08 Å². The Morgan fingerprint density at radius 1 is 1.00 bits per heavy atom. The van der Waals surface area contributed by atoms with Crippen LogP contribution in [0.1, 0.15) is 106 Å². The molecule has 3 fully saturated rings. The van der Waals surface area contributed by atoms with Crippen LogP contribution in [0.15, 0.2) is 17.7 Å². The zero-order chi connectivity index (χ0) is 25.8. The van der Waals surface area contributed by atoms with Crippen molar-refractivity contribution in [3.8, 4) is 11.5 Å². The van der Waals surface area contributed by atoms with E-state index in [1.807, 2.05) is 6.92 Å². The second-order valence-electron chi connectivity index (χ2n) is 13.0. The van der Waals surface area contributed by atoms with Crippen molar-refractivity contribution in [3.05, 3.63) is 34.4 Å². The number of phenols is 2. The van der Waals surface area contributed by atoms with Gasteiger partial charge in [-0.3, -0.25) is 14.4 Å². The van der Waals surface area contributed by atoms with E-state index in [-0.39, 0.29) is 44.8 Å². The van der Waals surface area contributed by atoms with Crippen LogP contribution in [0, 0.1) is 27.6 Å². The van der Waals surface area contributed by atoms with Crippen molar-refractivity contribution >= 4 is 18.0 Å². The first-order chi connectivity index (χ1) is 16.2. The Morgan fingerprint density at radius 2 is 1.66 bits per heavy atom. The maximum atomic E-state index is 13.5. The molecule has 3 saturated carbocycles. The maximum Gasteiger partial charge on any atom is 0.309 e. The van der Waals surface area contributed by atoms with E-state index in [1.165, 1.54) is 6.07 Å². The number of aliphatic carboxylic acids is 1. The number of fused-ring (bicyclic) bond motifs is 7. The average molecular weight is 481 g/mol. The molecule has 0 amide bonds. The summed E-state index contributed by atoms with van der Waals surface area (Å²) in [6.45, 7) is 10.8. The number of benzene rings is 1. The molecule has 6 heteroatoms. The lowest BCUT2D eigenvalue weighted by molar-refractivity contribution is -0.177. The molecule has 0 heterocycles. The van der Waals surface area contributed by atoms with Gasteiger partial charge in [0.15, 0.2) is 23.6 Å². The van der Waals surface area contributed by atoms with E-state index >= 15 is 0 Å². The monoisotopic (exact) mass is 480 g/mol. The number of carboxylic acids is 1. The summed E-state index contributed by atoms with van der Waals surface area (Å²) in [5.74, 6) is -1.79. The molecule has 3 N–H and O–H groups in total. The summed E-state index contributed by atoms with van der Waals surface area (Å²) in [6, 6.07) is 1.46. The van der Waals surface area contributed by atoms with Crippen LogP contribution in [0.5, 0.6) is 11.5 Å². The number of aromatic hydroxyl groups is 2. The van der Waals surface area contributed by atoms with Gasteiger partial charge >= 0.3 is 5.97 Å². The number of ketones is 1. The molecule has 35 heavy (non-hydrogen) atoms. The van der Waals surface area contributed by atoms with Crippen molar-refractivity contribution in [1.82, 2.24) is 0 Å². The van der Waals surface area contributed by atoms with E-state index in [2.05, 4.69) is 27.7 Å². The first-order valence-electron chi connectivity index (χ1n) is 12.7. The number of carbonyl (C=O) groups excluding carboxylic acids is 2. The number of rotatable bonds is 2. The molecular weight excluding hydrogens is 444 g/mol. The minimum atomic E-state index is -0.752. The summed E-state index contributed by atoms with van der Waals surface area (Å²) in [6.07, 6.45) is 7.76. The van der Waals surface area contributed by atoms with Crippen LogP contribution in [-0.2, 0) is 10.2 Å². The van der Waals surface area contributed by atoms with E-state index in [0.29, 0.717) is 31.1 Å². The van der Waals surface area contributed by atoms with Crippen LogP contribution >= 0.6 is 0 Å². The van der Waals surface area contributed by atoms with Crippen molar-refractivity contribution in [2.75, 3.05) is 0 Å². The molecule has 6 atom stereocenters. The van der Waals surface area contributed by atoms with Crippen LogP contribution in [0.2, 0.25) is 0 Å². The molecule has 1 aromatic carbocycles. The standard InChI is InChI=1S/C29H36O6/c1-25-6-7-26(2,24(34)35)14-21(25)29(5)11-9-27(3)17-12-19(32)23(33)16(15-30)22(17)18(31)13-20(27)28(29,4)10-8-25/h12-13,15,21,32-33H,6-11,14H2,1-5H3,(H,34,35)/t21-,25-,26-,27?,28-,29+/m1/s1. The number of aldehydes is 1. The number of allylic oxidation sites excluding steroid dienone is 2. The van der Waals surface area contributed by atoms with E-state index in [0.717, 1.165) is 31.3 Å². The Bertz CT molecular complexity index is 1210. The van der Waals surface area contributed by atoms with Gasteiger partial charge in [-0.15, -0.1) is 0 Å². The Labute approximate surface area is 206 Å². The SMILES string of the molecule is CC12CC[C@@]3(C)[C@@H]4C[C@](C)(C(=O)O)CC[C@]4(C)CC[C@]3(C)C1=CC(=O)c1c2cc(O)c(O)c1C=O.